The first-order valence-electron chi connectivity index (χ1n) is 6.82. The molecular weight excluding hydrogens is 276 g/mol. The second-order valence-corrected chi connectivity index (χ2v) is 4.79. The van der Waals surface area contributed by atoms with Crippen molar-refractivity contribution >= 4 is 16.7 Å². The number of para-hydroxylation sites is 1. The number of nitrogens with one attached hydrogen (secondary N) is 1. The summed E-state index contributed by atoms with van der Waals surface area (Å²) < 4.78 is 25.2. The molecule has 0 atom stereocenters. The number of aliphatic hydroxyl groups excluding tert-OH is 1. The van der Waals surface area contributed by atoms with Gasteiger partial charge in [0.1, 0.15) is 5.82 Å². The maximum absolute atomic E-state index is 12.6. The third-order valence-electron chi connectivity index (χ3n) is 3.25. The molecule has 0 radical (unpaired) electrons. The lowest BCUT2D eigenvalue weighted by Gasteiger charge is -2.22. The van der Waals surface area contributed by atoms with Gasteiger partial charge in [-0.1, -0.05) is 18.2 Å². The molecule has 0 fully saturated rings. The van der Waals surface area contributed by atoms with Crippen molar-refractivity contribution in [3.05, 3.63) is 35.9 Å². The SMILES string of the molecule is CNc1nc2ccccc2cc1CN(CCO)CC(F)F. The lowest BCUT2D eigenvalue weighted by molar-refractivity contribution is 0.0747. The van der Waals surface area contributed by atoms with E-state index in [-0.39, 0.29) is 19.7 Å². The summed E-state index contributed by atoms with van der Waals surface area (Å²) >= 11 is 0. The van der Waals surface area contributed by atoms with Crippen LogP contribution >= 0.6 is 0 Å². The Labute approximate surface area is 122 Å². The predicted octanol–water partition coefficient (Wildman–Crippen LogP) is 2.34. The molecule has 0 aliphatic carbocycles. The first-order chi connectivity index (χ1) is 10.1. The lowest BCUT2D eigenvalue weighted by atomic mass is 10.1. The van der Waals surface area contributed by atoms with E-state index in [0.717, 1.165) is 16.5 Å². The van der Waals surface area contributed by atoms with Crippen LogP contribution < -0.4 is 5.32 Å². The molecule has 0 saturated heterocycles. The Kier molecular flexibility index (Phi) is 5.41. The molecule has 1 aromatic carbocycles. The molecule has 1 aromatic heterocycles. The second kappa shape index (κ2) is 7.28. The summed E-state index contributed by atoms with van der Waals surface area (Å²) in [4.78, 5) is 6.02. The molecule has 0 saturated carbocycles. The van der Waals surface area contributed by atoms with Crippen LogP contribution in [-0.4, -0.2) is 48.2 Å². The van der Waals surface area contributed by atoms with Crippen LogP contribution in [0.5, 0.6) is 0 Å². The van der Waals surface area contributed by atoms with Gasteiger partial charge in [-0.15, -0.1) is 0 Å². The average Bonchev–Trinajstić information content (AvgIpc) is 2.46. The number of aliphatic hydroxyl groups is 1. The van der Waals surface area contributed by atoms with Gasteiger partial charge in [-0.25, -0.2) is 13.8 Å². The first kappa shape index (κ1) is 15.6. The Hall–Kier alpha value is -1.79. The van der Waals surface area contributed by atoms with Crippen molar-refractivity contribution in [3.8, 4) is 0 Å². The highest BCUT2D eigenvalue weighted by Gasteiger charge is 2.15. The van der Waals surface area contributed by atoms with E-state index in [9.17, 15) is 8.78 Å². The topological polar surface area (TPSA) is 48.4 Å². The van der Waals surface area contributed by atoms with Gasteiger partial charge in [0.05, 0.1) is 18.7 Å². The van der Waals surface area contributed by atoms with Crippen LogP contribution in [0.1, 0.15) is 5.56 Å². The van der Waals surface area contributed by atoms with E-state index >= 15 is 0 Å². The van der Waals surface area contributed by atoms with Gasteiger partial charge >= 0.3 is 0 Å². The van der Waals surface area contributed by atoms with Gasteiger partial charge in [-0.2, -0.15) is 0 Å². The second-order valence-electron chi connectivity index (χ2n) is 4.79. The van der Waals surface area contributed by atoms with E-state index < -0.39 is 6.43 Å². The Morgan fingerprint density at radius 3 is 2.76 bits per heavy atom. The minimum Gasteiger partial charge on any atom is -0.395 e. The number of pyridine rings is 1. The maximum atomic E-state index is 12.6. The highest BCUT2D eigenvalue weighted by atomic mass is 19.3. The van der Waals surface area contributed by atoms with E-state index in [1.165, 1.54) is 4.90 Å². The van der Waals surface area contributed by atoms with E-state index in [0.29, 0.717) is 12.4 Å². The molecule has 0 spiro atoms. The number of halogens is 2. The zero-order chi connectivity index (χ0) is 15.2. The van der Waals surface area contributed by atoms with Crippen LogP contribution in [0.3, 0.4) is 0 Å². The van der Waals surface area contributed by atoms with Gasteiger partial charge in [0.25, 0.3) is 6.43 Å². The van der Waals surface area contributed by atoms with Crippen LogP contribution in [0.4, 0.5) is 14.6 Å². The lowest BCUT2D eigenvalue weighted by Crippen LogP contribution is -2.31. The fraction of sp³-hybridized carbons (Fsp3) is 0.400. The first-order valence-corrected chi connectivity index (χ1v) is 6.82. The molecule has 2 N–H and O–H groups in total. The van der Waals surface area contributed by atoms with Gasteiger partial charge in [-0.05, 0) is 12.1 Å². The highest BCUT2D eigenvalue weighted by Crippen LogP contribution is 2.21. The number of aromatic nitrogens is 1. The van der Waals surface area contributed by atoms with Crippen molar-refractivity contribution in [1.82, 2.24) is 9.88 Å². The number of hydrogen-bond acceptors (Lipinski definition) is 4. The average molecular weight is 295 g/mol. The van der Waals surface area contributed by atoms with E-state index in [2.05, 4.69) is 10.3 Å². The maximum Gasteiger partial charge on any atom is 0.251 e. The molecule has 2 rings (SSSR count). The minimum atomic E-state index is -2.43. The highest BCUT2D eigenvalue weighted by molar-refractivity contribution is 5.81. The van der Waals surface area contributed by atoms with Crippen LogP contribution in [0, 0.1) is 0 Å². The number of fused-ring (bicyclic) bond motifs is 1. The normalized spacial score (nSPS) is 11.5. The molecule has 1 heterocycles. The number of rotatable bonds is 7. The summed E-state index contributed by atoms with van der Waals surface area (Å²) in [5, 5.41) is 13.0. The van der Waals surface area contributed by atoms with Crippen LogP contribution in [-0.2, 0) is 6.54 Å². The van der Waals surface area contributed by atoms with Crippen molar-refractivity contribution in [2.24, 2.45) is 0 Å². The fourth-order valence-corrected chi connectivity index (χ4v) is 2.31. The zero-order valence-corrected chi connectivity index (χ0v) is 11.9. The molecule has 0 aliphatic rings. The Bertz CT molecular complexity index is 592. The van der Waals surface area contributed by atoms with Crippen LogP contribution in [0.15, 0.2) is 30.3 Å². The quantitative estimate of drug-likeness (QED) is 0.823. The molecule has 6 heteroatoms. The summed E-state index contributed by atoms with van der Waals surface area (Å²) in [6.07, 6.45) is -2.43. The van der Waals surface area contributed by atoms with E-state index in [1.54, 1.807) is 7.05 Å². The summed E-state index contributed by atoms with van der Waals surface area (Å²) in [7, 11) is 1.75. The summed E-state index contributed by atoms with van der Waals surface area (Å²) in [5.41, 5.74) is 1.69. The van der Waals surface area contributed by atoms with Gasteiger partial charge in [0.15, 0.2) is 0 Å². The molecular formula is C15H19F2N3O. The standard InChI is InChI=1S/C15H19F2N3O/c1-18-15-12(9-20(6-7-21)10-14(16)17)8-11-4-2-3-5-13(11)19-15/h2-5,8,14,21H,6-7,9-10H2,1H3,(H,18,19). The minimum absolute atomic E-state index is 0.150. The third-order valence-corrected chi connectivity index (χ3v) is 3.25. The Morgan fingerprint density at radius 2 is 2.10 bits per heavy atom. The molecule has 21 heavy (non-hydrogen) atoms. The largest absolute Gasteiger partial charge is 0.395 e. The van der Waals surface area contributed by atoms with Crippen molar-refractivity contribution in [2.75, 3.05) is 32.1 Å². The van der Waals surface area contributed by atoms with Gasteiger partial charge < -0.3 is 10.4 Å². The molecule has 0 unspecified atom stereocenters. The monoisotopic (exact) mass is 295 g/mol. The van der Waals surface area contributed by atoms with Gasteiger partial charge in [-0.3, -0.25) is 4.90 Å². The number of anilines is 1. The van der Waals surface area contributed by atoms with E-state index in [1.807, 2.05) is 30.3 Å². The van der Waals surface area contributed by atoms with Gasteiger partial charge in [0, 0.05) is 31.1 Å². The Morgan fingerprint density at radius 1 is 1.33 bits per heavy atom. The summed E-state index contributed by atoms with van der Waals surface area (Å²) in [5.74, 6) is 0.672. The molecule has 114 valence electrons. The van der Waals surface area contributed by atoms with Crippen molar-refractivity contribution in [3.63, 3.8) is 0 Å². The summed E-state index contributed by atoms with van der Waals surface area (Å²) in [6.45, 7) is 0.0123. The molecule has 0 amide bonds. The Balaban J connectivity index is 2.29. The van der Waals surface area contributed by atoms with Crippen LogP contribution in [0.25, 0.3) is 10.9 Å². The van der Waals surface area contributed by atoms with Crippen molar-refractivity contribution in [2.45, 2.75) is 13.0 Å². The zero-order valence-electron chi connectivity index (χ0n) is 11.9. The van der Waals surface area contributed by atoms with E-state index in [4.69, 9.17) is 5.11 Å². The van der Waals surface area contributed by atoms with Crippen molar-refractivity contribution in [1.29, 1.82) is 0 Å². The summed E-state index contributed by atoms with van der Waals surface area (Å²) in [6, 6.07) is 9.62. The predicted molar refractivity (Wildman–Crippen MR) is 79.7 cm³/mol. The fourth-order valence-electron chi connectivity index (χ4n) is 2.31. The number of benzene rings is 1. The van der Waals surface area contributed by atoms with Crippen molar-refractivity contribution < 1.29 is 13.9 Å². The number of alkyl halides is 2. The smallest absolute Gasteiger partial charge is 0.251 e. The third kappa shape index (κ3) is 4.09. The molecule has 2 aromatic rings. The molecule has 0 bridgehead atoms. The number of hydrogen-bond donors (Lipinski definition) is 2. The van der Waals surface area contributed by atoms with Crippen LogP contribution in [0.2, 0.25) is 0 Å². The number of nitrogens with zero attached hydrogens (tertiary/aromatic N) is 2. The molecule has 0 aliphatic heterocycles. The molecule has 4 nitrogen and oxygen atoms in total. The van der Waals surface area contributed by atoms with Gasteiger partial charge in [0.2, 0.25) is 0 Å².